The van der Waals surface area contributed by atoms with E-state index in [1.807, 2.05) is 0 Å². The Morgan fingerprint density at radius 3 is 1.92 bits per heavy atom. The van der Waals surface area contributed by atoms with Crippen molar-refractivity contribution in [1.29, 1.82) is 0 Å². The summed E-state index contributed by atoms with van der Waals surface area (Å²) in [6, 6.07) is 16.9. The molecular formula is C17H19NO5S2. The number of hydrogen-bond donors (Lipinski definition) is 5. The Bertz CT molecular complexity index is 806. The molecule has 2 aromatic carbocycles. The van der Waals surface area contributed by atoms with Gasteiger partial charge in [-0.2, -0.15) is 21.2 Å². The first-order chi connectivity index (χ1) is 11.8. The van der Waals surface area contributed by atoms with Crippen molar-refractivity contribution in [3.05, 3.63) is 71.1 Å². The van der Waals surface area contributed by atoms with E-state index in [2.05, 4.69) is 5.32 Å². The largest absolute Gasteiger partial charge is 0.321 e. The van der Waals surface area contributed by atoms with Crippen LogP contribution in [-0.2, 0) is 4.79 Å². The van der Waals surface area contributed by atoms with Crippen LogP contribution in [0, 0.1) is 0 Å². The lowest BCUT2D eigenvalue weighted by molar-refractivity contribution is -0.112. The third kappa shape index (κ3) is 3.74. The number of carbonyl (C=O) groups is 1. The highest BCUT2D eigenvalue weighted by Crippen LogP contribution is 2.67. The van der Waals surface area contributed by atoms with Crippen molar-refractivity contribution in [2.75, 3.05) is 16.8 Å². The monoisotopic (exact) mass is 381 g/mol. The van der Waals surface area contributed by atoms with Crippen LogP contribution < -0.4 is 5.32 Å². The maximum atomic E-state index is 12.8. The molecule has 1 aliphatic heterocycles. The Labute approximate surface area is 148 Å². The summed E-state index contributed by atoms with van der Waals surface area (Å²) in [6.45, 7) is 0. The fourth-order valence-electron chi connectivity index (χ4n) is 2.60. The minimum atomic E-state index is -3.44. The number of rotatable bonds is 3. The molecule has 3 rings (SSSR count). The van der Waals surface area contributed by atoms with Crippen molar-refractivity contribution in [2.24, 2.45) is 0 Å². The zero-order chi connectivity index (χ0) is 18.1. The molecule has 0 aliphatic carbocycles. The van der Waals surface area contributed by atoms with Gasteiger partial charge in [-0.1, -0.05) is 48.5 Å². The zero-order valence-electron chi connectivity index (χ0n) is 13.2. The summed E-state index contributed by atoms with van der Waals surface area (Å²) < 4.78 is 41.9. The van der Waals surface area contributed by atoms with Crippen LogP contribution in [0.5, 0.6) is 0 Å². The number of benzene rings is 2. The van der Waals surface area contributed by atoms with Crippen LogP contribution in [-0.4, -0.2) is 35.6 Å². The van der Waals surface area contributed by atoms with Crippen LogP contribution in [0.2, 0.25) is 0 Å². The van der Waals surface area contributed by atoms with Crippen molar-refractivity contribution in [2.45, 2.75) is 0 Å². The number of amides is 1. The van der Waals surface area contributed by atoms with E-state index in [0.717, 1.165) is 0 Å². The van der Waals surface area contributed by atoms with Gasteiger partial charge in [0.2, 0.25) is 0 Å². The molecule has 1 aliphatic rings. The Hall–Kier alpha value is -1.81. The van der Waals surface area contributed by atoms with Gasteiger partial charge in [0, 0.05) is 5.69 Å². The molecule has 0 unspecified atom stereocenters. The van der Waals surface area contributed by atoms with Gasteiger partial charge in [0.05, 0.1) is 16.4 Å². The molecule has 1 heterocycles. The minimum absolute atomic E-state index is 0.0900. The smallest absolute Gasteiger partial charge is 0.273 e. The summed E-state index contributed by atoms with van der Waals surface area (Å²) in [5.74, 6) is -1.20. The fraction of sp³-hybridized carbons (Fsp3) is 0.118. The number of anilines is 1. The van der Waals surface area contributed by atoms with Gasteiger partial charge in [0.15, 0.2) is 0 Å². The highest BCUT2D eigenvalue weighted by atomic mass is 32.3. The van der Waals surface area contributed by atoms with Gasteiger partial charge in [-0.15, -0.1) is 0 Å². The summed E-state index contributed by atoms with van der Waals surface area (Å²) in [5, 5.41) is 2.60. The Morgan fingerprint density at radius 2 is 1.32 bits per heavy atom. The normalized spacial score (nSPS) is 21.3. The first-order valence-electron chi connectivity index (χ1n) is 7.49. The SMILES string of the molecule is O=C(Nc1ccccc1)C1=C(c2ccccc2)S(O)(O)CCS1(O)O. The molecule has 6 nitrogen and oxygen atoms in total. The van der Waals surface area contributed by atoms with Crippen molar-refractivity contribution in [3.63, 3.8) is 0 Å². The first-order valence-corrected chi connectivity index (χ1v) is 10.9. The predicted molar refractivity (Wildman–Crippen MR) is 104 cm³/mol. The van der Waals surface area contributed by atoms with E-state index in [4.69, 9.17) is 0 Å². The molecule has 2 aromatic rings. The third-order valence-electron chi connectivity index (χ3n) is 3.79. The molecule has 0 saturated carbocycles. The summed E-state index contributed by atoms with van der Waals surface area (Å²) in [4.78, 5) is 12.3. The lowest BCUT2D eigenvalue weighted by Crippen LogP contribution is -2.29. The van der Waals surface area contributed by atoms with Crippen molar-refractivity contribution >= 4 is 37.7 Å². The topological polar surface area (TPSA) is 110 Å². The van der Waals surface area contributed by atoms with E-state index in [1.54, 1.807) is 60.7 Å². The molecule has 134 valence electrons. The fourth-order valence-corrected chi connectivity index (χ4v) is 7.34. The lowest BCUT2D eigenvalue weighted by Gasteiger charge is -2.47. The molecule has 1 amide bonds. The van der Waals surface area contributed by atoms with E-state index in [-0.39, 0.29) is 21.3 Å². The maximum Gasteiger partial charge on any atom is 0.273 e. The van der Waals surface area contributed by atoms with E-state index in [9.17, 15) is 23.0 Å². The van der Waals surface area contributed by atoms with E-state index >= 15 is 0 Å². The van der Waals surface area contributed by atoms with Gasteiger partial charge >= 0.3 is 0 Å². The van der Waals surface area contributed by atoms with Crippen molar-refractivity contribution in [3.8, 4) is 0 Å². The van der Waals surface area contributed by atoms with Crippen LogP contribution >= 0.6 is 21.2 Å². The highest BCUT2D eigenvalue weighted by Gasteiger charge is 2.41. The molecule has 8 heteroatoms. The van der Waals surface area contributed by atoms with Gasteiger partial charge in [-0.05, 0) is 17.7 Å². The van der Waals surface area contributed by atoms with E-state index in [0.29, 0.717) is 11.3 Å². The summed E-state index contributed by atoms with van der Waals surface area (Å²) >= 11 is 0. The average molecular weight is 381 g/mol. The van der Waals surface area contributed by atoms with E-state index in [1.165, 1.54) is 0 Å². The Balaban J connectivity index is 2.14. The van der Waals surface area contributed by atoms with Crippen molar-refractivity contribution in [1.82, 2.24) is 0 Å². The van der Waals surface area contributed by atoms with Gasteiger partial charge < -0.3 is 5.32 Å². The van der Waals surface area contributed by atoms with Crippen LogP contribution in [0.1, 0.15) is 5.56 Å². The molecule has 0 atom stereocenters. The molecule has 0 saturated heterocycles. The number of carbonyl (C=O) groups excluding carboxylic acids is 1. The molecule has 0 aromatic heterocycles. The first kappa shape index (κ1) is 18.0. The van der Waals surface area contributed by atoms with Gasteiger partial charge in [-0.25, -0.2) is 0 Å². The standard InChI is InChI=1S/C17H19NO5S2/c19-17(18-14-9-5-2-6-10-14)16-15(13-7-3-1-4-8-13)24(20,21)11-12-25(16,22)23/h1-10,20-23H,11-12H2,(H,18,19). The maximum absolute atomic E-state index is 12.8. The van der Waals surface area contributed by atoms with Gasteiger partial charge in [0.25, 0.3) is 5.91 Å². The number of hydrogen-bond acceptors (Lipinski definition) is 5. The average Bonchev–Trinajstić information content (AvgIpc) is 2.58. The quantitative estimate of drug-likeness (QED) is 0.537. The highest BCUT2D eigenvalue weighted by molar-refractivity contribution is 8.37. The molecular weight excluding hydrogens is 362 g/mol. The molecule has 25 heavy (non-hydrogen) atoms. The van der Waals surface area contributed by atoms with Crippen LogP contribution in [0.25, 0.3) is 4.91 Å². The second-order valence-electron chi connectivity index (χ2n) is 5.59. The zero-order valence-corrected chi connectivity index (χ0v) is 14.8. The van der Waals surface area contributed by atoms with Crippen LogP contribution in [0.3, 0.4) is 0 Å². The molecule has 0 radical (unpaired) electrons. The number of nitrogens with one attached hydrogen (secondary N) is 1. The predicted octanol–water partition coefficient (Wildman–Crippen LogP) is 4.51. The lowest BCUT2D eigenvalue weighted by atomic mass is 10.2. The number of para-hydroxylation sites is 1. The van der Waals surface area contributed by atoms with Crippen LogP contribution in [0.4, 0.5) is 5.69 Å². The summed E-state index contributed by atoms with van der Waals surface area (Å²) in [6.07, 6.45) is 0. The second-order valence-corrected chi connectivity index (χ2v) is 9.89. The summed E-state index contributed by atoms with van der Waals surface area (Å²) in [7, 11) is -6.76. The van der Waals surface area contributed by atoms with E-state index < -0.39 is 27.1 Å². The summed E-state index contributed by atoms with van der Waals surface area (Å²) in [5.41, 5.74) is 0.866. The molecule has 0 spiro atoms. The van der Waals surface area contributed by atoms with Crippen molar-refractivity contribution < 1.29 is 23.0 Å². The minimum Gasteiger partial charge on any atom is -0.321 e. The molecule has 5 N–H and O–H groups in total. The molecule has 0 fully saturated rings. The second kappa shape index (κ2) is 6.83. The van der Waals surface area contributed by atoms with Gasteiger partial charge in [0.1, 0.15) is 4.91 Å². The molecule has 0 bridgehead atoms. The Kier molecular flexibility index (Phi) is 4.92. The van der Waals surface area contributed by atoms with Crippen LogP contribution in [0.15, 0.2) is 65.6 Å². The third-order valence-corrected chi connectivity index (χ3v) is 7.86. The Morgan fingerprint density at radius 1 is 0.800 bits per heavy atom. The van der Waals surface area contributed by atoms with Gasteiger partial charge in [-0.3, -0.25) is 23.0 Å².